The van der Waals surface area contributed by atoms with E-state index >= 15 is 0 Å². The molecule has 1 aliphatic rings. The van der Waals surface area contributed by atoms with Crippen LogP contribution >= 0.6 is 15.9 Å². The van der Waals surface area contributed by atoms with Gasteiger partial charge in [-0.25, -0.2) is 0 Å². The van der Waals surface area contributed by atoms with E-state index in [9.17, 15) is 9.90 Å². The van der Waals surface area contributed by atoms with E-state index < -0.39 is 0 Å². The number of carbonyl (C=O) groups excluding carboxylic acids is 1. The van der Waals surface area contributed by atoms with Crippen molar-refractivity contribution in [3.05, 3.63) is 45.8 Å². The molecule has 0 spiro atoms. The lowest BCUT2D eigenvalue weighted by molar-refractivity contribution is -0.144. The van der Waals surface area contributed by atoms with Crippen LogP contribution in [0.5, 0.6) is 5.75 Å². The highest BCUT2D eigenvalue weighted by Gasteiger charge is 2.30. The summed E-state index contributed by atoms with van der Waals surface area (Å²) in [5.41, 5.74) is 1.53. The molecule has 0 saturated heterocycles. The second-order valence-corrected chi connectivity index (χ2v) is 6.06. The highest BCUT2D eigenvalue weighted by molar-refractivity contribution is 9.10. The second-order valence-electron chi connectivity index (χ2n) is 5.14. The fourth-order valence-corrected chi connectivity index (χ4v) is 2.70. The second kappa shape index (κ2) is 5.89. The molecule has 0 unspecified atom stereocenters. The van der Waals surface area contributed by atoms with Gasteiger partial charge in [-0.15, -0.1) is 0 Å². The van der Waals surface area contributed by atoms with Crippen LogP contribution in [0.15, 0.2) is 33.4 Å². The van der Waals surface area contributed by atoms with Crippen molar-refractivity contribution in [2.45, 2.75) is 31.8 Å². The van der Waals surface area contributed by atoms with E-state index in [1.54, 1.807) is 24.4 Å². The Morgan fingerprint density at radius 1 is 1.43 bits per heavy atom. The van der Waals surface area contributed by atoms with Crippen molar-refractivity contribution in [2.75, 3.05) is 0 Å². The molecule has 1 aromatic heterocycles. The van der Waals surface area contributed by atoms with Crippen LogP contribution in [0.4, 0.5) is 0 Å². The quantitative estimate of drug-likeness (QED) is 0.836. The third-order valence-corrected chi connectivity index (χ3v) is 3.76. The molecule has 0 atom stereocenters. The Bertz CT molecular complexity index is 643. The first-order valence-corrected chi connectivity index (χ1v) is 7.48. The molecule has 1 fully saturated rings. The molecule has 1 aliphatic carbocycles. The number of phenolic OH excluding ortho intramolecular Hbond substituents is 1. The minimum absolute atomic E-state index is 0.108. The zero-order valence-corrected chi connectivity index (χ0v) is 12.8. The van der Waals surface area contributed by atoms with Crippen LogP contribution < -0.4 is 0 Å². The number of hydrogen-bond acceptors (Lipinski definition) is 5. The van der Waals surface area contributed by atoms with Crippen molar-refractivity contribution in [1.82, 2.24) is 5.16 Å². The molecule has 1 aromatic carbocycles. The Balaban J connectivity index is 1.57. The van der Waals surface area contributed by atoms with Crippen LogP contribution in [0.2, 0.25) is 0 Å². The maximum Gasteiger partial charge on any atom is 0.310 e. The van der Waals surface area contributed by atoms with Gasteiger partial charge in [0.15, 0.2) is 0 Å². The zero-order valence-electron chi connectivity index (χ0n) is 11.2. The number of phenols is 1. The first kappa shape index (κ1) is 14.1. The van der Waals surface area contributed by atoms with Crippen molar-refractivity contribution >= 4 is 21.9 Å². The summed E-state index contributed by atoms with van der Waals surface area (Å²) in [5, 5.41) is 13.3. The van der Waals surface area contributed by atoms with E-state index in [2.05, 4.69) is 21.1 Å². The molecular formula is C15H14BrNO4. The molecule has 110 valence electrons. The summed E-state index contributed by atoms with van der Waals surface area (Å²) in [6.45, 7) is 0.175. The Morgan fingerprint density at radius 2 is 2.24 bits per heavy atom. The summed E-state index contributed by atoms with van der Waals surface area (Å²) in [7, 11) is 0. The summed E-state index contributed by atoms with van der Waals surface area (Å²) < 4.78 is 11.2. The number of ether oxygens (including phenoxy) is 1. The normalized spacial score (nSPS) is 14.1. The molecule has 0 radical (unpaired) electrons. The number of aromatic nitrogens is 1. The van der Waals surface area contributed by atoms with Crippen LogP contribution in [0, 0.1) is 0 Å². The molecule has 0 aliphatic heterocycles. The largest absolute Gasteiger partial charge is 0.508 e. The number of nitrogens with zero attached hydrogens (tertiary/aromatic N) is 1. The molecule has 1 heterocycles. The fourth-order valence-electron chi connectivity index (χ4n) is 2.17. The predicted octanol–water partition coefficient (Wildman–Crippen LogP) is 3.31. The SMILES string of the molecule is O=C(Cc1cc(O)cc(Br)c1)OCc1cnoc1C1CC1. The minimum atomic E-state index is -0.351. The molecule has 5 nitrogen and oxygen atoms in total. The third-order valence-electron chi connectivity index (χ3n) is 3.30. The van der Waals surface area contributed by atoms with Gasteiger partial charge in [-0.2, -0.15) is 0 Å². The molecule has 1 saturated carbocycles. The molecule has 0 bridgehead atoms. The molecule has 21 heavy (non-hydrogen) atoms. The topological polar surface area (TPSA) is 72.6 Å². The van der Waals surface area contributed by atoms with Gasteiger partial charge < -0.3 is 14.4 Å². The Hall–Kier alpha value is -1.82. The highest BCUT2D eigenvalue weighted by Crippen LogP contribution is 2.41. The summed E-state index contributed by atoms with van der Waals surface area (Å²) in [4.78, 5) is 11.9. The highest BCUT2D eigenvalue weighted by atomic mass is 79.9. The maximum absolute atomic E-state index is 11.9. The Labute approximate surface area is 130 Å². The molecular weight excluding hydrogens is 338 g/mol. The monoisotopic (exact) mass is 351 g/mol. The molecule has 1 N–H and O–H groups in total. The number of esters is 1. The van der Waals surface area contributed by atoms with Gasteiger partial charge in [-0.1, -0.05) is 21.1 Å². The lowest BCUT2D eigenvalue weighted by Gasteiger charge is -2.05. The lowest BCUT2D eigenvalue weighted by Crippen LogP contribution is -2.08. The van der Waals surface area contributed by atoms with Gasteiger partial charge in [0.2, 0.25) is 0 Å². The number of benzene rings is 1. The van der Waals surface area contributed by atoms with Crippen molar-refractivity contribution in [3.63, 3.8) is 0 Å². The number of halogens is 1. The van der Waals surface area contributed by atoms with E-state index in [0.717, 1.165) is 28.6 Å². The van der Waals surface area contributed by atoms with Gasteiger partial charge in [0, 0.05) is 10.4 Å². The van der Waals surface area contributed by atoms with Gasteiger partial charge >= 0.3 is 5.97 Å². The van der Waals surface area contributed by atoms with Crippen molar-refractivity contribution in [3.8, 4) is 5.75 Å². The molecule has 6 heteroatoms. The fraction of sp³-hybridized carbons (Fsp3) is 0.333. The summed E-state index contributed by atoms with van der Waals surface area (Å²) in [5.74, 6) is 1.03. The van der Waals surface area contributed by atoms with Gasteiger partial charge in [-0.05, 0) is 36.6 Å². The summed E-state index contributed by atoms with van der Waals surface area (Å²) >= 11 is 3.27. The molecule has 2 aromatic rings. The molecule has 0 amide bonds. The minimum Gasteiger partial charge on any atom is -0.508 e. The van der Waals surface area contributed by atoms with Crippen LogP contribution in [0.1, 0.15) is 35.6 Å². The van der Waals surface area contributed by atoms with Crippen LogP contribution in [0.25, 0.3) is 0 Å². The van der Waals surface area contributed by atoms with Crippen molar-refractivity contribution in [2.24, 2.45) is 0 Å². The van der Waals surface area contributed by atoms with Crippen molar-refractivity contribution < 1.29 is 19.2 Å². The number of carbonyl (C=O) groups is 1. The smallest absolute Gasteiger partial charge is 0.310 e. The number of hydrogen-bond donors (Lipinski definition) is 1. The first-order chi connectivity index (χ1) is 10.1. The van der Waals surface area contributed by atoms with Crippen molar-refractivity contribution in [1.29, 1.82) is 0 Å². The van der Waals surface area contributed by atoms with Crippen LogP contribution in [-0.4, -0.2) is 16.2 Å². The Kier molecular flexibility index (Phi) is 3.96. The summed E-state index contributed by atoms with van der Waals surface area (Å²) in [6, 6.07) is 4.88. The zero-order chi connectivity index (χ0) is 14.8. The van der Waals surface area contributed by atoms with E-state index in [4.69, 9.17) is 9.26 Å². The van der Waals surface area contributed by atoms with E-state index in [0.29, 0.717) is 11.5 Å². The van der Waals surface area contributed by atoms with Gasteiger partial charge in [0.05, 0.1) is 18.2 Å². The van der Waals surface area contributed by atoms with E-state index in [1.807, 2.05) is 0 Å². The summed E-state index contributed by atoms with van der Waals surface area (Å²) in [6.07, 6.45) is 3.92. The third kappa shape index (κ3) is 3.64. The predicted molar refractivity (Wildman–Crippen MR) is 77.8 cm³/mol. The average molecular weight is 352 g/mol. The molecule has 3 rings (SSSR count). The van der Waals surface area contributed by atoms with Gasteiger partial charge in [0.1, 0.15) is 18.1 Å². The average Bonchev–Trinajstić information content (AvgIpc) is 3.14. The van der Waals surface area contributed by atoms with Gasteiger partial charge in [-0.3, -0.25) is 4.79 Å². The van der Waals surface area contributed by atoms with Crippen LogP contribution in [0.3, 0.4) is 0 Å². The van der Waals surface area contributed by atoms with Crippen LogP contribution in [-0.2, 0) is 22.6 Å². The van der Waals surface area contributed by atoms with Gasteiger partial charge in [0.25, 0.3) is 0 Å². The first-order valence-electron chi connectivity index (χ1n) is 6.69. The van der Waals surface area contributed by atoms with E-state index in [1.165, 1.54) is 0 Å². The number of rotatable bonds is 5. The maximum atomic E-state index is 11.9. The Morgan fingerprint density at radius 3 is 2.95 bits per heavy atom. The number of aromatic hydroxyl groups is 1. The van der Waals surface area contributed by atoms with E-state index in [-0.39, 0.29) is 24.7 Å². The standard InChI is InChI=1S/C15H14BrNO4/c16-12-3-9(4-13(18)6-12)5-14(19)20-8-11-7-17-21-15(11)10-1-2-10/h3-4,6-7,10,18H,1-2,5,8H2. The lowest BCUT2D eigenvalue weighted by atomic mass is 10.1.